The zero-order chi connectivity index (χ0) is 28.1. The lowest BCUT2D eigenvalue weighted by Crippen LogP contribution is -2.57. The summed E-state index contributed by atoms with van der Waals surface area (Å²) in [7, 11) is 1.35. The average molecular weight is 529 g/mol. The van der Waals surface area contributed by atoms with Crippen LogP contribution in [0.15, 0.2) is 15.8 Å². The van der Waals surface area contributed by atoms with Gasteiger partial charge in [-0.3, -0.25) is 33.7 Å². The van der Waals surface area contributed by atoms with Crippen LogP contribution in [0.25, 0.3) is 0 Å². The molecule has 2 atom stereocenters. The minimum Gasteiger partial charge on any atom is -0.427 e. The van der Waals surface area contributed by atoms with Gasteiger partial charge in [-0.1, -0.05) is 32.6 Å². The molecular formula is C23H37FN6O7. The van der Waals surface area contributed by atoms with Crippen molar-refractivity contribution in [3.63, 3.8) is 0 Å². The van der Waals surface area contributed by atoms with Gasteiger partial charge in [-0.2, -0.15) is 4.39 Å². The maximum Gasteiger partial charge on any atom is 0.411 e. The number of nitrogens with one attached hydrogen (secondary N) is 2. The van der Waals surface area contributed by atoms with E-state index in [9.17, 15) is 33.2 Å². The highest BCUT2D eigenvalue weighted by Gasteiger charge is 2.29. The number of amides is 3. The molecule has 0 aliphatic rings. The Hall–Kier alpha value is -3.55. The number of carbonyl (C=O) groups is 4. The van der Waals surface area contributed by atoms with E-state index in [4.69, 9.17) is 10.6 Å². The predicted molar refractivity (Wildman–Crippen MR) is 131 cm³/mol. The predicted octanol–water partition coefficient (Wildman–Crippen LogP) is 0.617. The van der Waals surface area contributed by atoms with Crippen molar-refractivity contribution in [1.29, 1.82) is 0 Å². The van der Waals surface area contributed by atoms with E-state index in [0.29, 0.717) is 17.2 Å². The average Bonchev–Trinajstić information content (AvgIpc) is 2.83. The molecule has 4 N–H and O–H groups in total. The summed E-state index contributed by atoms with van der Waals surface area (Å²) in [6.45, 7) is 4.16. The highest BCUT2D eigenvalue weighted by Crippen LogP contribution is 2.08. The molecule has 13 nitrogen and oxygen atoms in total. The van der Waals surface area contributed by atoms with Gasteiger partial charge in [-0.15, -0.1) is 0 Å². The van der Waals surface area contributed by atoms with E-state index in [-0.39, 0.29) is 31.1 Å². The van der Waals surface area contributed by atoms with Crippen LogP contribution in [0.5, 0.6) is 0 Å². The molecule has 1 aromatic heterocycles. The monoisotopic (exact) mass is 528 g/mol. The maximum absolute atomic E-state index is 13.4. The lowest BCUT2D eigenvalue weighted by Gasteiger charge is -2.30. The smallest absolute Gasteiger partial charge is 0.411 e. The van der Waals surface area contributed by atoms with Crippen LogP contribution in [-0.2, 0) is 25.9 Å². The largest absolute Gasteiger partial charge is 0.427 e. The number of nitrogens with two attached hydrogens (primary N) is 1. The van der Waals surface area contributed by atoms with Crippen molar-refractivity contribution in [3.8, 4) is 0 Å². The Morgan fingerprint density at radius 1 is 1.19 bits per heavy atom. The van der Waals surface area contributed by atoms with Gasteiger partial charge in [-0.05, 0) is 20.3 Å². The summed E-state index contributed by atoms with van der Waals surface area (Å²) in [5.41, 5.74) is -2.16. The van der Waals surface area contributed by atoms with Gasteiger partial charge >= 0.3 is 11.8 Å². The number of hydrogen-bond acceptors (Lipinski definition) is 8. The van der Waals surface area contributed by atoms with E-state index in [1.807, 2.05) is 0 Å². The van der Waals surface area contributed by atoms with E-state index in [1.54, 1.807) is 11.9 Å². The molecule has 14 heteroatoms. The second kappa shape index (κ2) is 15.5. The van der Waals surface area contributed by atoms with Crippen LogP contribution in [0, 0.1) is 5.82 Å². The van der Waals surface area contributed by atoms with E-state index < -0.39 is 47.9 Å². The number of rotatable bonds is 15. The molecular weight excluding hydrogens is 491 g/mol. The number of hydrogen-bond donors (Lipinski definition) is 3. The summed E-state index contributed by atoms with van der Waals surface area (Å²) in [4.78, 5) is 74.7. The number of halogens is 1. The number of H-pyrrole nitrogens is 1. The zero-order valence-electron chi connectivity index (χ0n) is 21.8. The molecule has 3 amide bonds. The van der Waals surface area contributed by atoms with E-state index in [2.05, 4.69) is 12.2 Å². The van der Waals surface area contributed by atoms with Crippen molar-refractivity contribution in [2.75, 3.05) is 13.6 Å². The molecule has 0 fully saturated rings. The van der Waals surface area contributed by atoms with Crippen LogP contribution >= 0.6 is 0 Å². The van der Waals surface area contributed by atoms with Crippen LogP contribution in [0.1, 0.15) is 65.7 Å². The van der Waals surface area contributed by atoms with Crippen LogP contribution in [-0.4, -0.2) is 68.8 Å². The standard InChI is InChI=1S/C23H37FN6O7/c1-5-6-7-8-9-10-19(32)26-18(11-16(3)31)21(34)30(25)15(2)12-28(4)23(36)37-14-29-13-17(24)20(33)27-22(29)35/h13,15,18H,5-12,14,25H2,1-4H3,(H,26,32)(H,27,33,35)/t15-,18+/m0/s1. The fourth-order valence-corrected chi connectivity index (χ4v) is 3.41. The molecule has 1 aromatic rings. The van der Waals surface area contributed by atoms with Gasteiger partial charge in [0.2, 0.25) is 11.7 Å². The summed E-state index contributed by atoms with van der Waals surface area (Å²) < 4.78 is 18.9. The molecule has 0 aromatic carbocycles. The Kier molecular flexibility index (Phi) is 13.2. The SMILES string of the molecule is CCCCCCCC(=O)N[C@H](CC(C)=O)C(=O)N(N)[C@@H](C)CN(C)C(=O)OCn1cc(F)c(=O)[nH]c1=O. The third-order valence-corrected chi connectivity index (χ3v) is 5.51. The first kappa shape index (κ1) is 31.5. The van der Waals surface area contributed by atoms with Gasteiger partial charge in [-0.25, -0.2) is 15.4 Å². The fraction of sp³-hybridized carbons (Fsp3) is 0.652. The van der Waals surface area contributed by atoms with Crippen molar-refractivity contribution in [1.82, 2.24) is 24.8 Å². The molecule has 0 bridgehead atoms. The molecule has 1 heterocycles. The lowest BCUT2D eigenvalue weighted by molar-refractivity contribution is -0.140. The van der Waals surface area contributed by atoms with Crippen LogP contribution in [0.3, 0.4) is 0 Å². The lowest BCUT2D eigenvalue weighted by atomic mass is 10.1. The Morgan fingerprint density at radius 3 is 2.46 bits per heavy atom. The Bertz CT molecular complexity index is 1060. The molecule has 208 valence electrons. The van der Waals surface area contributed by atoms with E-state index >= 15 is 0 Å². The van der Waals surface area contributed by atoms with Gasteiger partial charge in [0.05, 0.1) is 12.2 Å². The highest BCUT2D eigenvalue weighted by molar-refractivity contribution is 5.91. The third kappa shape index (κ3) is 10.9. The topological polar surface area (TPSA) is 177 Å². The molecule has 0 aliphatic heterocycles. The van der Waals surface area contributed by atoms with Crippen molar-refractivity contribution < 1.29 is 28.3 Å². The van der Waals surface area contributed by atoms with E-state index in [0.717, 1.165) is 35.6 Å². The van der Waals surface area contributed by atoms with Crippen LogP contribution < -0.4 is 22.4 Å². The number of ketones is 1. The van der Waals surface area contributed by atoms with Crippen molar-refractivity contribution in [2.45, 2.75) is 84.5 Å². The van der Waals surface area contributed by atoms with Gasteiger partial charge in [0.1, 0.15) is 11.8 Å². The van der Waals surface area contributed by atoms with Gasteiger partial charge < -0.3 is 15.0 Å². The molecule has 0 spiro atoms. The number of aromatic amines is 1. The molecule has 37 heavy (non-hydrogen) atoms. The summed E-state index contributed by atoms with van der Waals surface area (Å²) >= 11 is 0. The van der Waals surface area contributed by atoms with Crippen LogP contribution in [0.2, 0.25) is 0 Å². The fourth-order valence-electron chi connectivity index (χ4n) is 3.41. The highest BCUT2D eigenvalue weighted by atomic mass is 19.1. The van der Waals surface area contributed by atoms with Gasteiger partial charge in [0, 0.05) is 26.4 Å². The number of unbranched alkanes of at least 4 members (excludes halogenated alkanes) is 4. The minimum absolute atomic E-state index is 0.103. The first-order chi connectivity index (χ1) is 17.4. The number of ether oxygens (including phenoxy) is 1. The Morgan fingerprint density at radius 2 is 1.84 bits per heavy atom. The first-order valence-corrected chi connectivity index (χ1v) is 12.1. The van der Waals surface area contributed by atoms with Crippen molar-refractivity contribution in [3.05, 3.63) is 32.9 Å². The molecule has 0 saturated heterocycles. The second-order valence-corrected chi connectivity index (χ2v) is 8.91. The third-order valence-electron chi connectivity index (χ3n) is 5.51. The van der Waals surface area contributed by atoms with Crippen molar-refractivity contribution >= 4 is 23.7 Å². The normalized spacial score (nSPS) is 12.4. The Labute approximate surface area is 214 Å². The number of hydrazine groups is 1. The minimum atomic E-state index is -1.22. The first-order valence-electron chi connectivity index (χ1n) is 12.1. The van der Waals surface area contributed by atoms with Crippen molar-refractivity contribution in [2.24, 2.45) is 5.84 Å². The van der Waals surface area contributed by atoms with Gasteiger partial charge in [0.25, 0.3) is 11.5 Å². The number of nitrogens with zero attached hydrogens (tertiary/aromatic N) is 3. The maximum atomic E-state index is 13.4. The molecule has 0 aliphatic carbocycles. The summed E-state index contributed by atoms with van der Waals surface area (Å²) in [6.07, 6.45) is 4.41. The summed E-state index contributed by atoms with van der Waals surface area (Å²) in [5, 5.41) is 3.41. The number of Topliss-reactive ketones (excluding diaryl/α,β-unsaturated/α-hetero) is 1. The molecule has 0 radical (unpaired) electrons. The Balaban J connectivity index is 2.68. The van der Waals surface area contributed by atoms with Crippen LogP contribution in [0.4, 0.5) is 9.18 Å². The summed E-state index contributed by atoms with van der Waals surface area (Å²) in [5.74, 6) is 3.37. The number of aromatic nitrogens is 2. The molecule has 1 rings (SSSR count). The second-order valence-electron chi connectivity index (χ2n) is 8.91. The summed E-state index contributed by atoms with van der Waals surface area (Å²) in [6, 6.07) is -1.90. The number of likely N-dealkylation sites (N-methyl/N-ethyl adjacent to an activating group) is 1. The molecule has 0 unspecified atom stereocenters. The zero-order valence-corrected chi connectivity index (χ0v) is 21.8. The van der Waals surface area contributed by atoms with E-state index in [1.165, 1.54) is 14.0 Å². The quantitative estimate of drug-likeness (QED) is 0.128. The van der Waals surface area contributed by atoms with Gasteiger partial charge in [0.15, 0.2) is 6.73 Å². The number of carbonyl (C=O) groups excluding carboxylic acids is 4. The molecule has 0 saturated carbocycles.